The Morgan fingerprint density at radius 3 is 2.80 bits per heavy atom. The molecule has 1 aromatic heterocycles. The lowest BCUT2D eigenvalue weighted by atomic mass is 10.2. The van der Waals surface area contributed by atoms with E-state index in [2.05, 4.69) is 24.1 Å². The monoisotopic (exact) mass is 274 g/mol. The molecule has 0 aliphatic carbocycles. The van der Waals surface area contributed by atoms with Crippen LogP contribution in [0.3, 0.4) is 0 Å². The predicted octanol–water partition coefficient (Wildman–Crippen LogP) is 3.76. The first-order chi connectivity index (χ1) is 9.65. The van der Waals surface area contributed by atoms with Crippen LogP contribution >= 0.6 is 0 Å². The van der Waals surface area contributed by atoms with Crippen LogP contribution in [0, 0.1) is 11.7 Å². The third-order valence-electron chi connectivity index (χ3n) is 2.71. The molecule has 4 heteroatoms. The van der Waals surface area contributed by atoms with Gasteiger partial charge in [0, 0.05) is 18.8 Å². The van der Waals surface area contributed by atoms with Crippen LogP contribution in [0.1, 0.15) is 19.5 Å². The zero-order valence-electron chi connectivity index (χ0n) is 11.8. The van der Waals surface area contributed by atoms with Crippen LogP contribution in [0.25, 0.3) is 0 Å². The molecule has 0 aliphatic heterocycles. The minimum absolute atomic E-state index is 0.222. The minimum atomic E-state index is -0.371. The molecule has 2 rings (SSSR count). The van der Waals surface area contributed by atoms with Crippen molar-refractivity contribution in [3.63, 3.8) is 0 Å². The Morgan fingerprint density at radius 2 is 2.05 bits per heavy atom. The summed E-state index contributed by atoms with van der Waals surface area (Å²) in [6.45, 7) is 5.91. The van der Waals surface area contributed by atoms with Crippen LogP contribution in [0.4, 0.5) is 4.39 Å². The molecule has 0 unspecified atom stereocenters. The maximum Gasteiger partial charge on any atom is 0.165 e. The molecule has 0 aliphatic rings. The highest BCUT2D eigenvalue weighted by molar-refractivity contribution is 5.32. The maximum atomic E-state index is 13.5. The van der Waals surface area contributed by atoms with E-state index < -0.39 is 0 Å². The van der Waals surface area contributed by atoms with E-state index in [1.807, 2.05) is 6.07 Å². The number of pyridine rings is 1. The highest BCUT2D eigenvalue weighted by Gasteiger charge is 2.04. The molecule has 3 nitrogen and oxygen atoms in total. The lowest BCUT2D eigenvalue weighted by Gasteiger charge is -2.09. The Hall–Kier alpha value is -1.94. The van der Waals surface area contributed by atoms with Gasteiger partial charge in [-0.2, -0.15) is 0 Å². The molecule has 20 heavy (non-hydrogen) atoms. The van der Waals surface area contributed by atoms with Crippen molar-refractivity contribution in [3.8, 4) is 11.5 Å². The molecule has 0 amide bonds. The Labute approximate surface area is 118 Å². The quantitative estimate of drug-likeness (QED) is 0.871. The fourth-order valence-electron chi connectivity index (χ4n) is 1.76. The van der Waals surface area contributed by atoms with Crippen molar-refractivity contribution in [1.82, 2.24) is 10.3 Å². The van der Waals surface area contributed by atoms with Gasteiger partial charge in [-0.05, 0) is 30.7 Å². The average Bonchev–Trinajstić information content (AvgIpc) is 2.41. The Balaban J connectivity index is 2.01. The van der Waals surface area contributed by atoms with E-state index in [1.54, 1.807) is 30.5 Å². The number of aromatic nitrogens is 1. The minimum Gasteiger partial charge on any atom is -0.454 e. The highest BCUT2D eigenvalue weighted by Crippen LogP contribution is 2.23. The van der Waals surface area contributed by atoms with Gasteiger partial charge in [-0.3, -0.25) is 4.98 Å². The first-order valence-corrected chi connectivity index (χ1v) is 6.73. The second kappa shape index (κ2) is 7.01. The number of hydrogen-bond donors (Lipinski definition) is 1. The molecule has 1 heterocycles. The van der Waals surface area contributed by atoms with E-state index in [0.29, 0.717) is 18.2 Å². The topological polar surface area (TPSA) is 34.1 Å². The number of benzene rings is 1. The Kier molecular flexibility index (Phi) is 5.07. The summed E-state index contributed by atoms with van der Waals surface area (Å²) in [6.07, 6.45) is 1.67. The van der Waals surface area contributed by atoms with Gasteiger partial charge in [0.2, 0.25) is 0 Å². The number of ether oxygens (including phenoxy) is 1. The van der Waals surface area contributed by atoms with Gasteiger partial charge in [0.1, 0.15) is 5.75 Å². The lowest BCUT2D eigenvalue weighted by molar-refractivity contribution is 0.440. The summed E-state index contributed by atoms with van der Waals surface area (Å²) in [5.41, 5.74) is 0.875. The molecule has 1 aromatic carbocycles. The molecule has 106 valence electrons. The third kappa shape index (κ3) is 4.31. The normalized spacial score (nSPS) is 10.8. The Bertz CT molecular complexity index is 558. The molecule has 2 aromatic rings. The van der Waals surface area contributed by atoms with Crippen LogP contribution in [-0.2, 0) is 6.54 Å². The maximum absolute atomic E-state index is 13.5. The fraction of sp³-hybridized carbons (Fsp3) is 0.312. The SMILES string of the molecule is CC(C)CNCc1cc(Oc2ccccc2F)ccn1. The predicted molar refractivity (Wildman–Crippen MR) is 77.3 cm³/mol. The second-order valence-electron chi connectivity index (χ2n) is 5.04. The molecular formula is C16H19FN2O. The smallest absolute Gasteiger partial charge is 0.165 e. The van der Waals surface area contributed by atoms with Crippen molar-refractivity contribution < 1.29 is 9.13 Å². The van der Waals surface area contributed by atoms with Gasteiger partial charge in [-0.25, -0.2) is 4.39 Å². The van der Waals surface area contributed by atoms with Gasteiger partial charge in [0.05, 0.1) is 5.69 Å². The largest absolute Gasteiger partial charge is 0.454 e. The summed E-state index contributed by atoms with van der Waals surface area (Å²) in [5.74, 6) is 1.03. The van der Waals surface area contributed by atoms with Crippen LogP contribution in [-0.4, -0.2) is 11.5 Å². The van der Waals surface area contributed by atoms with E-state index in [4.69, 9.17) is 4.74 Å². The molecule has 0 bridgehead atoms. The van der Waals surface area contributed by atoms with E-state index in [-0.39, 0.29) is 11.6 Å². The van der Waals surface area contributed by atoms with E-state index in [1.165, 1.54) is 6.07 Å². The molecule has 0 saturated carbocycles. The lowest BCUT2D eigenvalue weighted by Crippen LogP contribution is -2.19. The van der Waals surface area contributed by atoms with Gasteiger partial charge in [0.25, 0.3) is 0 Å². The number of nitrogens with one attached hydrogen (secondary N) is 1. The first kappa shape index (κ1) is 14.5. The summed E-state index contributed by atoms with van der Waals surface area (Å²) >= 11 is 0. The van der Waals surface area contributed by atoms with E-state index in [9.17, 15) is 4.39 Å². The molecule has 0 radical (unpaired) electrons. The first-order valence-electron chi connectivity index (χ1n) is 6.73. The number of para-hydroxylation sites is 1. The Morgan fingerprint density at radius 1 is 1.25 bits per heavy atom. The summed E-state index contributed by atoms with van der Waals surface area (Å²) in [4.78, 5) is 4.26. The zero-order chi connectivity index (χ0) is 14.4. The zero-order valence-corrected chi connectivity index (χ0v) is 11.8. The molecule has 0 atom stereocenters. The third-order valence-corrected chi connectivity index (χ3v) is 2.71. The van der Waals surface area contributed by atoms with Gasteiger partial charge >= 0.3 is 0 Å². The van der Waals surface area contributed by atoms with Crippen molar-refractivity contribution in [3.05, 3.63) is 54.1 Å². The molecule has 0 saturated heterocycles. The van der Waals surface area contributed by atoms with Crippen LogP contribution in [0.15, 0.2) is 42.6 Å². The average molecular weight is 274 g/mol. The van der Waals surface area contributed by atoms with E-state index in [0.717, 1.165) is 12.2 Å². The summed E-state index contributed by atoms with van der Waals surface area (Å²) in [5, 5.41) is 3.31. The van der Waals surface area contributed by atoms with Crippen molar-refractivity contribution in [2.75, 3.05) is 6.54 Å². The van der Waals surface area contributed by atoms with Crippen LogP contribution in [0.5, 0.6) is 11.5 Å². The fourth-order valence-corrected chi connectivity index (χ4v) is 1.76. The van der Waals surface area contributed by atoms with Crippen molar-refractivity contribution in [1.29, 1.82) is 0 Å². The second-order valence-corrected chi connectivity index (χ2v) is 5.04. The van der Waals surface area contributed by atoms with Gasteiger partial charge in [0.15, 0.2) is 11.6 Å². The molecular weight excluding hydrogens is 255 g/mol. The number of halogens is 1. The van der Waals surface area contributed by atoms with E-state index >= 15 is 0 Å². The summed E-state index contributed by atoms with van der Waals surface area (Å²) < 4.78 is 19.0. The van der Waals surface area contributed by atoms with Gasteiger partial charge in [-0.15, -0.1) is 0 Å². The standard InChI is InChI=1S/C16H19FN2O/c1-12(2)10-18-11-13-9-14(7-8-19-13)20-16-6-4-3-5-15(16)17/h3-9,12,18H,10-11H2,1-2H3. The number of rotatable bonds is 6. The van der Waals surface area contributed by atoms with Crippen molar-refractivity contribution in [2.24, 2.45) is 5.92 Å². The van der Waals surface area contributed by atoms with Crippen LogP contribution < -0.4 is 10.1 Å². The molecule has 0 fully saturated rings. The van der Waals surface area contributed by atoms with Crippen molar-refractivity contribution >= 4 is 0 Å². The van der Waals surface area contributed by atoms with Gasteiger partial charge < -0.3 is 10.1 Å². The highest BCUT2D eigenvalue weighted by atomic mass is 19.1. The molecule has 0 spiro atoms. The number of hydrogen-bond acceptors (Lipinski definition) is 3. The number of nitrogens with zero attached hydrogens (tertiary/aromatic N) is 1. The van der Waals surface area contributed by atoms with Gasteiger partial charge in [-0.1, -0.05) is 26.0 Å². The van der Waals surface area contributed by atoms with Crippen molar-refractivity contribution in [2.45, 2.75) is 20.4 Å². The summed E-state index contributed by atoms with van der Waals surface area (Å²) in [6, 6.07) is 9.90. The summed E-state index contributed by atoms with van der Waals surface area (Å²) in [7, 11) is 0. The molecule has 1 N–H and O–H groups in total. The van der Waals surface area contributed by atoms with Crippen LogP contribution in [0.2, 0.25) is 0 Å².